The fraction of sp³-hybridized carbons (Fsp3) is 0.647. The molecule has 4 nitrogen and oxygen atoms in total. The Labute approximate surface area is 129 Å². The summed E-state index contributed by atoms with van der Waals surface area (Å²) in [6, 6.07) is 8.58. The highest BCUT2D eigenvalue weighted by Gasteiger charge is 2.11. The average molecular weight is 294 g/mol. The molecule has 2 N–H and O–H groups in total. The number of hydrogen-bond donors (Lipinski definition) is 1. The number of rotatable bonds is 11. The van der Waals surface area contributed by atoms with Crippen LogP contribution in [0.25, 0.3) is 0 Å². The summed E-state index contributed by atoms with van der Waals surface area (Å²) < 4.78 is 11.0. The number of benzene rings is 1. The highest BCUT2D eigenvalue weighted by molar-refractivity contribution is 5.26. The van der Waals surface area contributed by atoms with Gasteiger partial charge in [0, 0.05) is 32.8 Å². The Morgan fingerprint density at radius 1 is 1.14 bits per heavy atom. The number of hydrogen-bond acceptors (Lipinski definition) is 4. The van der Waals surface area contributed by atoms with Crippen molar-refractivity contribution < 1.29 is 9.47 Å². The van der Waals surface area contributed by atoms with Crippen LogP contribution in [0, 0.1) is 0 Å². The molecule has 0 aliphatic rings. The molecule has 0 fully saturated rings. The second kappa shape index (κ2) is 10.6. The van der Waals surface area contributed by atoms with Crippen LogP contribution in [0.1, 0.15) is 32.3 Å². The van der Waals surface area contributed by atoms with Crippen LogP contribution in [0.3, 0.4) is 0 Å². The lowest BCUT2D eigenvalue weighted by Gasteiger charge is -2.28. The fourth-order valence-electron chi connectivity index (χ4n) is 2.20. The maximum absolute atomic E-state index is 5.78. The Balaban J connectivity index is 2.29. The number of ether oxygens (including phenoxy) is 2. The van der Waals surface area contributed by atoms with Gasteiger partial charge in [0.2, 0.25) is 0 Å². The smallest absolute Gasteiger partial charge is 0.119 e. The summed E-state index contributed by atoms with van der Waals surface area (Å²) in [4.78, 5) is 2.46. The summed E-state index contributed by atoms with van der Waals surface area (Å²) in [5.74, 6) is 0.916. The van der Waals surface area contributed by atoms with Gasteiger partial charge < -0.3 is 15.2 Å². The molecular formula is C17H30N2O2. The molecule has 1 aromatic rings. The standard InChI is InChI=1S/C17H30N2O2/c1-4-15(2)19(11-13-20-3)10-5-12-21-17-8-6-16(14-18)7-9-17/h6-9,15H,4-5,10-14,18H2,1-3H3. The van der Waals surface area contributed by atoms with Crippen LogP contribution in [0.5, 0.6) is 5.75 Å². The zero-order valence-corrected chi connectivity index (χ0v) is 13.7. The predicted octanol–water partition coefficient (Wildman–Crippen LogP) is 2.66. The Bertz CT molecular complexity index is 368. The van der Waals surface area contributed by atoms with Gasteiger partial charge in [-0.15, -0.1) is 0 Å². The number of nitrogens with two attached hydrogens (primary N) is 1. The Morgan fingerprint density at radius 2 is 1.86 bits per heavy atom. The van der Waals surface area contributed by atoms with Crippen molar-refractivity contribution >= 4 is 0 Å². The van der Waals surface area contributed by atoms with Crippen LogP contribution in [0.4, 0.5) is 0 Å². The third kappa shape index (κ3) is 6.93. The van der Waals surface area contributed by atoms with E-state index in [2.05, 4.69) is 18.7 Å². The van der Waals surface area contributed by atoms with Crippen molar-refractivity contribution in [3.8, 4) is 5.75 Å². The monoisotopic (exact) mass is 294 g/mol. The van der Waals surface area contributed by atoms with Crippen molar-refractivity contribution in [2.45, 2.75) is 39.3 Å². The molecule has 0 aromatic heterocycles. The predicted molar refractivity (Wildman–Crippen MR) is 87.6 cm³/mol. The van der Waals surface area contributed by atoms with Crippen LogP contribution < -0.4 is 10.5 Å². The van der Waals surface area contributed by atoms with E-state index in [1.165, 1.54) is 0 Å². The molecule has 1 aromatic carbocycles. The third-order valence-electron chi connectivity index (χ3n) is 3.81. The molecule has 1 rings (SSSR count). The highest BCUT2D eigenvalue weighted by Crippen LogP contribution is 2.12. The molecule has 21 heavy (non-hydrogen) atoms. The van der Waals surface area contributed by atoms with Crippen LogP contribution >= 0.6 is 0 Å². The molecule has 0 heterocycles. The summed E-state index contributed by atoms with van der Waals surface area (Å²) in [6.07, 6.45) is 2.18. The lowest BCUT2D eigenvalue weighted by Crippen LogP contribution is -2.36. The molecule has 0 bridgehead atoms. The quantitative estimate of drug-likeness (QED) is 0.637. The van der Waals surface area contributed by atoms with Crippen molar-refractivity contribution in [1.29, 1.82) is 0 Å². The van der Waals surface area contributed by atoms with Crippen LogP contribution in [-0.4, -0.2) is 44.4 Å². The van der Waals surface area contributed by atoms with Gasteiger partial charge in [0.15, 0.2) is 0 Å². The molecule has 0 saturated carbocycles. The van der Waals surface area contributed by atoms with Gasteiger partial charge in [0.1, 0.15) is 5.75 Å². The minimum Gasteiger partial charge on any atom is -0.494 e. The fourth-order valence-corrected chi connectivity index (χ4v) is 2.20. The Hall–Kier alpha value is -1.10. The van der Waals surface area contributed by atoms with E-state index in [0.29, 0.717) is 12.6 Å². The minimum atomic E-state index is 0.573. The molecule has 0 spiro atoms. The van der Waals surface area contributed by atoms with E-state index in [1.807, 2.05) is 24.3 Å². The molecule has 1 unspecified atom stereocenters. The van der Waals surface area contributed by atoms with E-state index in [1.54, 1.807) is 7.11 Å². The molecule has 0 saturated heterocycles. The summed E-state index contributed by atoms with van der Waals surface area (Å²) in [6.45, 7) is 8.61. The maximum atomic E-state index is 5.78. The van der Waals surface area contributed by atoms with Crippen molar-refractivity contribution in [3.63, 3.8) is 0 Å². The summed E-state index contributed by atoms with van der Waals surface area (Å²) in [5, 5.41) is 0. The first kappa shape index (κ1) is 18.0. The molecule has 0 radical (unpaired) electrons. The van der Waals surface area contributed by atoms with Gasteiger partial charge in [0.05, 0.1) is 13.2 Å². The first-order valence-electron chi connectivity index (χ1n) is 7.86. The molecule has 0 aliphatic heterocycles. The van der Waals surface area contributed by atoms with E-state index in [0.717, 1.165) is 50.5 Å². The van der Waals surface area contributed by atoms with Gasteiger partial charge >= 0.3 is 0 Å². The van der Waals surface area contributed by atoms with Gasteiger partial charge in [-0.25, -0.2) is 0 Å². The first-order chi connectivity index (χ1) is 10.2. The van der Waals surface area contributed by atoms with E-state index < -0.39 is 0 Å². The molecular weight excluding hydrogens is 264 g/mol. The van der Waals surface area contributed by atoms with E-state index in [-0.39, 0.29) is 0 Å². The average Bonchev–Trinajstić information content (AvgIpc) is 2.54. The van der Waals surface area contributed by atoms with Gasteiger partial charge in [0.25, 0.3) is 0 Å². The maximum Gasteiger partial charge on any atom is 0.119 e. The summed E-state index contributed by atoms with van der Waals surface area (Å²) in [7, 11) is 1.75. The molecule has 120 valence electrons. The Morgan fingerprint density at radius 3 is 2.43 bits per heavy atom. The SMILES string of the molecule is CCC(C)N(CCCOc1ccc(CN)cc1)CCOC. The van der Waals surface area contributed by atoms with Gasteiger partial charge in [-0.05, 0) is 37.5 Å². The zero-order valence-electron chi connectivity index (χ0n) is 13.7. The first-order valence-corrected chi connectivity index (χ1v) is 7.86. The summed E-state index contributed by atoms with van der Waals surface area (Å²) >= 11 is 0. The molecule has 4 heteroatoms. The van der Waals surface area contributed by atoms with E-state index >= 15 is 0 Å². The van der Waals surface area contributed by atoms with Crippen molar-refractivity contribution in [2.24, 2.45) is 5.73 Å². The van der Waals surface area contributed by atoms with E-state index in [4.69, 9.17) is 15.2 Å². The summed E-state index contributed by atoms with van der Waals surface area (Å²) in [5.41, 5.74) is 6.71. The molecule has 0 amide bonds. The second-order valence-corrected chi connectivity index (χ2v) is 5.34. The van der Waals surface area contributed by atoms with Crippen molar-refractivity contribution in [1.82, 2.24) is 4.90 Å². The van der Waals surface area contributed by atoms with Crippen molar-refractivity contribution in [2.75, 3.05) is 33.4 Å². The number of methoxy groups -OCH3 is 1. The minimum absolute atomic E-state index is 0.573. The van der Waals surface area contributed by atoms with Gasteiger partial charge in [-0.3, -0.25) is 4.90 Å². The van der Waals surface area contributed by atoms with Gasteiger partial charge in [-0.2, -0.15) is 0 Å². The largest absolute Gasteiger partial charge is 0.494 e. The third-order valence-corrected chi connectivity index (χ3v) is 3.81. The zero-order chi connectivity index (χ0) is 15.5. The normalized spacial score (nSPS) is 12.6. The highest BCUT2D eigenvalue weighted by atomic mass is 16.5. The molecule has 0 aliphatic carbocycles. The second-order valence-electron chi connectivity index (χ2n) is 5.34. The lowest BCUT2D eigenvalue weighted by molar-refractivity contribution is 0.117. The van der Waals surface area contributed by atoms with Crippen LogP contribution in [-0.2, 0) is 11.3 Å². The lowest BCUT2D eigenvalue weighted by atomic mass is 10.2. The van der Waals surface area contributed by atoms with Crippen LogP contribution in [0.15, 0.2) is 24.3 Å². The topological polar surface area (TPSA) is 47.7 Å². The van der Waals surface area contributed by atoms with E-state index in [9.17, 15) is 0 Å². The number of nitrogens with zero attached hydrogens (tertiary/aromatic N) is 1. The molecule has 1 atom stereocenters. The van der Waals surface area contributed by atoms with Crippen molar-refractivity contribution in [3.05, 3.63) is 29.8 Å². The van der Waals surface area contributed by atoms with Gasteiger partial charge in [-0.1, -0.05) is 19.1 Å². The Kier molecular flexibility index (Phi) is 9.06. The van der Waals surface area contributed by atoms with Crippen LogP contribution in [0.2, 0.25) is 0 Å².